The molecule has 2 saturated carbocycles. The van der Waals surface area contributed by atoms with Crippen LogP contribution in [0.4, 0.5) is 11.4 Å². The highest BCUT2D eigenvalue weighted by atomic mass is 35.5. The van der Waals surface area contributed by atoms with E-state index in [1.165, 1.54) is 17.1 Å². The van der Waals surface area contributed by atoms with Gasteiger partial charge in [-0.25, -0.2) is 0 Å². The number of pyridine rings is 2. The Morgan fingerprint density at radius 1 is 0.733 bits per heavy atom. The van der Waals surface area contributed by atoms with Crippen LogP contribution in [0.3, 0.4) is 0 Å². The number of carbonyl (C=O) groups is 4. The maximum atomic E-state index is 14.8. The fraction of sp³-hybridized carbons (Fsp3) is 0.375. The summed E-state index contributed by atoms with van der Waals surface area (Å²) in [5.41, 5.74) is 6.86. The molecule has 3 aliphatic rings. The molecule has 17 nitrogen and oxygen atoms in total. The van der Waals surface area contributed by atoms with Crippen LogP contribution in [-0.4, -0.2) is 88.7 Å². The molecule has 0 radical (unpaired) electrons. The van der Waals surface area contributed by atoms with E-state index in [4.69, 9.17) is 32.9 Å². The summed E-state index contributed by atoms with van der Waals surface area (Å²) in [5, 5.41) is 29.2. The molecule has 2 aliphatic carbocycles. The van der Waals surface area contributed by atoms with Crippen molar-refractivity contribution in [1.82, 2.24) is 50.4 Å². The number of halogens is 2. The van der Waals surface area contributed by atoms with Crippen LogP contribution >= 0.6 is 23.2 Å². The third-order valence-corrected chi connectivity index (χ3v) is 16.3. The second kappa shape index (κ2) is 21.2. The smallest absolute Gasteiger partial charge is 0.270 e. The molecular weight excluding hydrogens is 992 g/mol. The van der Waals surface area contributed by atoms with Crippen molar-refractivity contribution in [1.29, 1.82) is 0 Å². The van der Waals surface area contributed by atoms with Gasteiger partial charge in [0.25, 0.3) is 11.8 Å². The SMILES string of the molecule is Cc1n[nH]c(C)c1-c1ccc(NC(=O)[C@@H](NC(=O)c2ccnn2C)C(c2cccc(Cn3nccc3C(=O)N[C@H](C(=O)Nc3ccc(C4CCOCC4)nc3)C(c3ccccc3Cl)C3(C)CC3)c2Cl)C2(C)CC2)cn1. The van der Waals surface area contributed by atoms with Crippen LogP contribution in [0.25, 0.3) is 11.3 Å². The number of H-pyrrole nitrogens is 1. The van der Waals surface area contributed by atoms with Crippen LogP contribution in [0.15, 0.2) is 104 Å². The topological polar surface area (TPSA) is 216 Å². The number of amides is 4. The van der Waals surface area contributed by atoms with Gasteiger partial charge in [-0.05, 0) is 122 Å². The second-order valence-electron chi connectivity index (χ2n) is 20.8. The molecule has 388 valence electrons. The molecule has 4 amide bonds. The summed E-state index contributed by atoms with van der Waals surface area (Å²) in [6.45, 7) is 9.45. The molecule has 5 aromatic heterocycles. The zero-order valence-corrected chi connectivity index (χ0v) is 44.0. The van der Waals surface area contributed by atoms with Gasteiger partial charge < -0.3 is 26.0 Å². The molecule has 1 saturated heterocycles. The van der Waals surface area contributed by atoms with Crippen molar-refractivity contribution < 1.29 is 23.9 Å². The summed E-state index contributed by atoms with van der Waals surface area (Å²) < 4.78 is 8.55. The van der Waals surface area contributed by atoms with E-state index in [1.54, 1.807) is 48.4 Å². The quantitative estimate of drug-likeness (QED) is 0.0549. The van der Waals surface area contributed by atoms with Crippen molar-refractivity contribution in [3.8, 4) is 11.3 Å². The van der Waals surface area contributed by atoms with Crippen LogP contribution in [0.2, 0.25) is 10.0 Å². The van der Waals surface area contributed by atoms with Gasteiger partial charge in [0.15, 0.2) is 0 Å². The molecule has 2 aromatic carbocycles. The van der Waals surface area contributed by atoms with E-state index in [-0.39, 0.29) is 29.3 Å². The molecule has 75 heavy (non-hydrogen) atoms. The van der Waals surface area contributed by atoms with Gasteiger partial charge in [-0.1, -0.05) is 73.4 Å². The minimum absolute atomic E-state index is 0.0609. The maximum Gasteiger partial charge on any atom is 0.270 e. The zero-order chi connectivity index (χ0) is 52.6. The Hall–Kier alpha value is -7.21. The number of rotatable bonds is 18. The summed E-state index contributed by atoms with van der Waals surface area (Å²) in [6, 6.07) is 21.4. The number of hydrogen-bond donors (Lipinski definition) is 5. The van der Waals surface area contributed by atoms with Gasteiger partial charge in [0.2, 0.25) is 11.8 Å². The number of ether oxygens (including phenoxy) is 1. The van der Waals surface area contributed by atoms with E-state index in [1.807, 2.05) is 68.4 Å². The van der Waals surface area contributed by atoms with Crippen molar-refractivity contribution in [3.63, 3.8) is 0 Å². The Morgan fingerprint density at radius 2 is 1.33 bits per heavy atom. The van der Waals surface area contributed by atoms with Gasteiger partial charge in [-0.3, -0.25) is 43.6 Å². The standard InChI is InChI=1S/C56H60Cl2N12O5/c1-32-45(33(2)68-67-32)42-16-14-37(30-60-42)64-54(74)50(65-51(71)43-17-25-61-69(43)5)47(56(4)23-24-56)39-11-8-9-35(48(39)58)31-70-44(18-26-62-70)52(72)66-49(46(55(3)21-22-55)38-10-6-7-12-40(38)57)53(73)63-36-13-15-41(59-29-36)34-19-27-75-28-20-34/h6-18,25-26,29-30,34,46-47,49-50H,19-24,27-28,31H2,1-5H3,(H,63,73)(H,64,74)(H,65,71)(H,66,72)(H,67,68)/t46?,47?,49-,50-/m0/s1. The van der Waals surface area contributed by atoms with E-state index >= 15 is 0 Å². The van der Waals surface area contributed by atoms with Crippen molar-refractivity contribution in [3.05, 3.63) is 159 Å². The Kier molecular flexibility index (Phi) is 14.5. The monoisotopic (exact) mass is 1050 g/mol. The number of hydrogen-bond acceptors (Lipinski definition) is 10. The lowest BCUT2D eigenvalue weighted by molar-refractivity contribution is -0.119. The molecule has 5 N–H and O–H groups in total. The number of aryl methyl sites for hydroxylation is 3. The van der Waals surface area contributed by atoms with Crippen LogP contribution in [0.5, 0.6) is 0 Å². The minimum atomic E-state index is -1.11. The van der Waals surface area contributed by atoms with Crippen LogP contribution in [-0.2, 0) is 27.9 Å². The number of nitrogens with zero attached hydrogens (tertiary/aromatic N) is 7. The van der Waals surface area contributed by atoms with Crippen molar-refractivity contribution in [2.45, 2.75) is 103 Å². The number of aromatic amines is 1. The zero-order valence-electron chi connectivity index (χ0n) is 42.5. The predicted molar refractivity (Wildman–Crippen MR) is 286 cm³/mol. The molecule has 1 aliphatic heterocycles. The highest BCUT2D eigenvalue weighted by Crippen LogP contribution is 2.59. The molecule has 2 unspecified atom stereocenters. The number of aromatic nitrogens is 8. The van der Waals surface area contributed by atoms with Gasteiger partial charge in [0, 0.05) is 77.4 Å². The lowest BCUT2D eigenvalue weighted by atomic mass is 9.78. The average Bonchev–Trinajstić information content (AvgIpc) is 4.19. The lowest BCUT2D eigenvalue weighted by Crippen LogP contribution is -2.50. The Labute approximate surface area is 444 Å². The lowest BCUT2D eigenvalue weighted by Gasteiger charge is -2.33. The third-order valence-electron chi connectivity index (χ3n) is 15.5. The highest BCUT2D eigenvalue weighted by molar-refractivity contribution is 6.32. The van der Waals surface area contributed by atoms with Gasteiger partial charge in [0.1, 0.15) is 23.5 Å². The van der Waals surface area contributed by atoms with Crippen molar-refractivity contribution in [2.24, 2.45) is 17.9 Å². The summed E-state index contributed by atoms with van der Waals surface area (Å²) in [6.07, 6.45) is 11.3. The Morgan fingerprint density at radius 3 is 1.91 bits per heavy atom. The summed E-state index contributed by atoms with van der Waals surface area (Å²) in [7, 11) is 1.66. The van der Waals surface area contributed by atoms with Gasteiger partial charge in [-0.2, -0.15) is 15.3 Å². The second-order valence-corrected chi connectivity index (χ2v) is 21.6. The van der Waals surface area contributed by atoms with Crippen molar-refractivity contribution >= 4 is 58.2 Å². The van der Waals surface area contributed by atoms with Crippen LogP contribution < -0.4 is 21.3 Å². The normalized spacial score (nSPS) is 17.3. The molecule has 7 aromatic rings. The van der Waals surface area contributed by atoms with Crippen LogP contribution in [0, 0.1) is 24.7 Å². The Bertz CT molecular complexity index is 3230. The van der Waals surface area contributed by atoms with Crippen molar-refractivity contribution in [2.75, 3.05) is 23.8 Å². The van der Waals surface area contributed by atoms with E-state index in [9.17, 15) is 19.2 Å². The third kappa shape index (κ3) is 10.8. The van der Waals surface area contributed by atoms with Crippen LogP contribution in [0.1, 0.15) is 125 Å². The van der Waals surface area contributed by atoms with Gasteiger partial charge >= 0.3 is 0 Å². The van der Waals surface area contributed by atoms with E-state index in [0.29, 0.717) is 51.5 Å². The summed E-state index contributed by atoms with van der Waals surface area (Å²) in [5.74, 6) is -2.69. The molecular formula is C56H60Cl2N12O5. The minimum Gasteiger partial charge on any atom is -0.381 e. The molecule has 3 fully saturated rings. The van der Waals surface area contributed by atoms with Gasteiger partial charge in [0.05, 0.1) is 41.7 Å². The summed E-state index contributed by atoms with van der Waals surface area (Å²) >= 11 is 14.4. The maximum absolute atomic E-state index is 14.8. The summed E-state index contributed by atoms with van der Waals surface area (Å²) in [4.78, 5) is 67.7. The molecule has 10 rings (SSSR count). The van der Waals surface area contributed by atoms with E-state index in [2.05, 4.69) is 60.5 Å². The number of carbonyl (C=O) groups excluding carboxylic acids is 4. The molecule has 6 heterocycles. The van der Waals surface area contributed by atoms with E-state index < -0.39 is 53.0 Å². The first-order valence-electron chi connectivity index (χ1n) is 25.4. The fourth-order valence-electron chi connectivity index (χ4n) is 10.8. The first-order valence-corrected chi connectivity index (χ1v) is 26.1. The first-order chi connectivity index (χ1) is 36.1. The number of anilines is 2. The fourth-order valence-corrected chi connectivity index (χ4v) is 11.3. The molecule has 4 atom stereocenters. The Balaban J connectivity index is 0.935. The molecule has 0 bridgehead atoms. The number of nitrogens with one attached hydrogen (secondary N) is 5. The number of benzene rings is 2. The average molecular weight is 1050 g/mol. The largest absolute Gasteiger partial charge is 0.381 e. The predicted octanol–water partition coefficient (Wildman–Crippen LogP) is 9.30. The molecule has 0 spiro atoms. The highest BCUT2D eigenvalue weighted by Gasteiger charge is 2.53. The molecule has 19 heteroatoms. The first kappa shape index (κ1) is 51.3. The van der Waals surface area contributed by atoms with Gasteiger partial charge in [-0.15, -0.1) is 0 Å². The van der Waals surface area contributed by atoms with E-state index in [0.717, 1.165) is 66.7 Å².